The molecule has 7 aliphatic rings. The molecule has 5 fully saturated rings. The van der Waals surface area contributed by atoms with Gasteiger partial charge in [0.15, 0.2) is 0 Å². The number of carboxylic acids is 1. The van der Waals surface area contributed by atoms with E-state index >= 15 is 0 Å². The van der Waals surface area contributed by atoms with E-state index < -0.39 is 27.6 Å². The quantitative estimate of drug-likeness (QED) is 0.155. The van der Waals surface area contributed by atoms with Crippen LogP contribution in [0.15, 0.2) is 58.3 Å². The van der Waals surface area contributed by atoms with E-state index in [0.29, 0.717) is 46.9 Å². The summed E-state index contributed by atoms with van der Waals surface area (Å²) in [6.45, 7) is 6.30. The Morgan fingerprint density at radius 1 is 0.632 bits per heavy atom. The van der Waals surface area contributed by atoms with Crippen molar-refractivity contribution in [2.75, 3.05) is 91.6 Å². The van der Waals surface area contributed by atoms with E-state index in [1.807, 2.05) is 36.2 Å². The number of carboxylic acid groups (broad SMARTS) is 1. The van der Waals surface area contributed by atoms with Crippen molar-refractivity contribution in [3.05, 3.63) is 82.2 Å². The molecule has 6 aliphatic heterocycles. The second kappa shape index (κ2) is 20.9. The number of aromatic carboxylic acids is 1. The zero-order valence-electron chi connectivity index (χ0n) is 38.9. The standard InChI is InChI=1S/C27H35N5O3S.C23H28N4O4S/c1-31(22-5-6-22)26(33)20-4-2-3-19(17-20)18-7-12-32(13-8-18)27-29-23-11-16-36(34)24(23)25(30-27)28-21-9-14-35-15-10-21;28-22(29)17-3-1-2-16(14-17)15-4-9-27(10-5-15)23-25-19-8-13-32(30)20(19)21(26-23)24-18-6-11-31-12-7-18/h2-4,17-18,21-22H,5-16H2,1H3,(H,28,29,30);1-3,14-15,18H,4-13H2,(H,28,29)(H,24,25,26). The maximum absolute atomic E-state index is 12.9. The zero-order chi connectivity index (χ0) is 46.7. The number of ether oxygens (including phenoxy) is 2. The van der Waals surface area contributed by atoms with Gasteiger partial charge in [0.05, 0.1) is 38.6 Å². The highest BCUT2D eigenvalue weighted by Gasteiger charge is 2.34. The van der Waals surface area contributed by atoms with Crippen LogP contribution in [-0.2, 0) is 43.9 Å². The number of hydrogen-bond acceptors (Lipinski definition) is 14. The minimum Gasteiger partial charge on any atom is -0.478 e. The molecule has 8 heterocycles. The van der Waals surface area contributed by atoms with Crippen LogP contribution < -0.4 is 20.4 Å². The molecule has 1 aliphatic carbocycles. The summed E-state index contributed by atoms with van der Waals surface area (Å²) in [7, 11) is -0.164. The molecule has 2 atom stereocenters. The summed E-state index contributed by atoms with van der Waals surface area (Å²) in [5.41, 5.74) is 5.29. The van der Waals surface area contributed by atoms with Gasteiger partial charge in [-0.3, -0.25) is 13.2 Å². The van der Waals surface area contributed by atoms with Gasteiger partial charge in [0.1, 0.15) is 21.4 Å². The van der Waals surface area contributed by atoms with Crippen LogP contribution in [0.5, 0.6) is 0 Å². The van der Waals surface area contributed by atoms with Crippen LogP contribution in [0.1, 0.15) is 119 Å². The van der Waals surface area contributed by atoms with Crippen LogP contribution in [-0.4, -0.2) is 140 Å². The lowest BCUT2D eigenvalue weighted by Crippen LogP contribution is -2.35. The summed E-state index contributed by atoms with van der Waals surface area (Å²) >= 11 is 0. The SMILES string of the molecule is CN(C(=O)c1cccc(C2CCN(c3nc4c(c(NC5CCOCC5)n3)S(=O)CC4)CC2)c1)C1CC1.O=C(O)c1cccc(C2CCN(c3nc4c(c(NC5CCOCC5)n3)S(=O)CC4)CC2)c1. The first kappa shape index (κ1) is 46.7. The van der Waals surface area contributed by atoms with Crippen LogP contribution in [0.4, 0.5) is 23.5 Å². The molecule has 16 nitrogen and oxygen atoms in total. The number of aromatic nitrogens is 4. The second-order valence-corrected chi connectivity index (χ2v) is 22.2. The Balaban J connectivity index is 0.000000160. The van der Waals surface area contributed by atoms with Crippen LogP contribution >= 0.6 is 0 Å². The number of carbonyl (C=O) groups excluding carboxylic acids is 1. The van der Waals surface area contributed by atoms with Gasteiger partial charge in [-0.25, -0.2) is 14.8 Å². The average molecular weight is 966 g/mol. The Labute approximate surface area is 403 Å². The molecule has 2 aromatic carbocycles. The number of nitrogens with zero attached hydrogens (tertiary/aromatic N) is 7. The topological polar surface area (TPSA) is 192 Å². The van der Waals surface area contributed by atoms with Gasteiger partial charge in [0.2, 0.25) is 11.9 Å². The number of hydrogen-bond donors (Lipinski definition) is 3. The van der Waals surface area contributed by atoms with Gasteiger partial charge in [-0.15, -0.1) is 0 Å². The molecule has 18 heteroatoms. The third-order valence-corrected chi connectivity index (χ3v) is 17.6. The number of rotatable bonds is 11. The summed E-state index contributed by atoms with van der Waals surface area (Å²) in [5, 5.41) is 16.4. The van der Waals surface area contributed by atoms with Crippen LogP contribution in [0.3, 0.4) is 0 Å². The molecule has 1 amide bonds. The Bertz CT molecular complexity index is 2530. The van der Waals surface area contributed by atoms with Crippen molar-refractivity contribution in [1.29, 1.82) is 0 Å². The molecule has 0 spiro atoms. The molecule has 2 aromatic heterocycles. The van der Waals surface area contributed by atoms with Gasteiger partial charge >= 0.3 is 5.97 Å². The molecule has 1 saturated carbocycles. The highest BCUT2D eigenvalue weighted by molar-refractivity contribution is 7.85. The van der Waals surface area contributed by atoms with Crippen molar-refractivity contribution in [3.63, 3.8) is 0 Å². The van der Waals surface area contributed by atoms with Gasteiger partial charge in [-0.1, -0.05) is 24.3 Å². The Kier molecular flexibility index (Phi) is 14.3. The van der Waals surface area contributed by atoms with Gasteiger partial charge < -0.3 is 39.9 Å². The van der Waals surface area contributed by atoms with E-state index in [1.54, 1.807) is 12.1 Å². The molecule has 362 valence electrons. The lowest BCUT2D eigenvalue weighted by Gasteiger charge is -2.33. The number of nitrogens with one attached hydrogen (secondary N) is 2. The van der Waals surface area contributed by atoms with Crippen molar-refractivity contribution in [2.45, 2.75) is 117 Å². The smallest absolute Gasteiger partial charge is 0.335 e. The molecule has 11 rings (SSSR count). The van der Waals surface area contributed by atoms with E-state index in [-0.39, 0.29) is 11.9 Å². The van der Waals surface area contributed by atoms with Gasteiger partial charge in [0, 0.05) is 108 Å². The molecule has 0 radical (unpaired) electrons. The summed E-state index contributed by atoms with van der Waals surface area (Å²) in [4.78, 5) is 51.5. The van der Waals surface area contributed by atoms with Crippen molar-refractivity contribution < 1.29 is 32.6 Å². The number of anilines is 4. The summed E-state index contributed by atoms with van der Waals surface area (Å²) in [6, 6.07) is 16.5. The minimum atomic E-state index is -1.05. The van der Waals surface area contributed by atoms with Crippen molar-refractivity contribution in [1.82, 2.24) is 24.8 Å². The van der Waals surface area contributed by atoms with E-state index in [1.165, 1.54) is 5.56 Å². The third-order valence-electron chi connectivity index (χ3n) is 14.7. The Hall–Kier alpha value is -5.04. The first-order valence-electron chi connectivity index (χ1n) is 24.6. The zero-order valence-corrected chi connectivity index (χ0v) is 40.5. The molecule has 0 bridgehead atoms. The number of benzene rings is 2. The maximum Gasteiger partial charge on any atom is 0.335 e. The fraction of sp³-hybridized carbons (Fsp3) is 0.560. The summed E-state index contributed by atoms with van der Waals surface area (Å²) < 4.78 is 36.3. The molecule has 3 N–H and O–H groups in total. The number of piperidine rings is 2. The normalized spacial score (nSPS) is 22.5. The van der Waals surface area contributed by atoms with Crippen LogP contribution in [0, 0.1) is 0 Å². The fourth-order valence-electron chi connectivity index (χ4n) is 10.4. The van der Waals surface area contributed by atoms with Gasteiger partial charge in [-0.05, 0) is 111 Å². The summed E-state index contributed by atoms with van der Waals surface area (Å²) in [6.07, 6.45) is 11.2. The first-order chi connectivity index (χ1) is 33.1. The van der Waals surface area contributed by atoms with Crippen LogP contribution in [0.25, 0.3) is 0 Å². The molecule has 68 heavy (non-hydrogen) atoms. The fourth-order valence-corrected chi connectivity index (χ4v) is 13.1. The highest BCUT2D eigenvalue weighted by Crippen LogP contribution is 2.37. The largest absolute Gasteiger partial charge is 0.478 e. The van der Waals surface area contributed by atoms with E-state index in [0.717, 1.165) is 180 Å². The maximum atomic E-state index is 12.9. The van der Waals surface area contributed by atoms with Crippen molar-refractivity contribution in [2.24, 2.45) is 0 Å². The van der Waals surface area contributed by atoms with E-state index in [9.17, 15) is 23.1 Å². The predicted molar refractivity (Wildman–Crippen MR) is 262 cm³/mol. The molecule has 4 aromatic rings. The van der Waals surface area contributed by atoms with Crippen molar-refractivity contribution in [3.8, 4) is 0 Å². The van der Waals surface area contributed by atoms with E-state index in [2.05, 4.69) is 32.6 Å². The van der Waals surface area contributed by atoms with Crippen LogP contribution in [0.2, 0.25) is 0 Å². The van der Waals surface area contributed by atoms with Crippen molar-refractivity contribution >= 4 is 57.0 Å². The number of carbonyl (C=O) groups is 2. The second-order valence-electron chi connectivity index (χ2n) is 19.2. The molecular formula is C50H63N9O7S2. The van der Waals surface area contributed by atoms with Gasteiger partial charge in [-0.2, -0.15) is 9.97 Å². The molecule has 2 unspecified atom stereocenters. The monoisotopic (exact) mass is 965 g/mol. The first-order valence-corrected chi connectivity index (χ1v) is 27.3. The minimum absolute atomic E-state index is 0.130. The summed E-state index contributed by atoms with van der Waals surface area (Å²) in [5.74, 6) is 4.15. The average Bonchev–Trinajstić information content (AvgIpc) is 4.07. The lowest BCUT2D eigenvalue weighted by molar-refractivity contribution is 0.0695. The third kappa shape index (κ3) is 10.6. The molecule has 4 saturated heterocycles. The van der Waals surface area contributed by atoms with E-state index in [4.69, 9.17) is 29.4 Å². The van der Waals surface area contributed by atoms with Gasteiger partial charge in [0.25, 0.3) is 5.91 Å². The number of aryl methyl sites for hydroxylation is 2. The number of amides is 1. The highest BCUT2D eigenvalue weighted by atomic mass is 32.2. The number of fused-ring (bicyclic) bond motifs is 2. The Morgan fingerprint density at radius 3 is 1.51 bits per heavy atom. The lowest BCUT2D eigenvalue weighted by atomic mass is 9.88. The predicted octanol–water partition coefficient (Wildman–Crippen LogP) is 6.16. The molecular weight excluding hydrogens is 903 g/mol. The Morgan fingerprint density at radius 2 is 1.07 bits per heavy atom.